The summed E-state index contributed by atoms with van der Waals surface area (Å²) < 4.78 is 0. The average Bonchev–Trinajstić information content (AvgIpc) is 2.37. The van der Waals surface area contributed by atoms with Crippen LogP contribution in [0.1, 0.15) is 38.8 Å². The lowest BCUT2D eigenvalue weighted by molar-refractivity contribution is -0.119. The Bertz CT molecular complexity index is 470. The maximum absolute atomic E-state index is 11.8. The lowest BCUT2D eigenvalue weighted by atomic mass is 9.84. The molecule has 0 unspecified atom stereocenters. The second-order valence-corrected chi connectivity index (χ2v) is 5.95. The number of amides is 1. The van der Waals surface area contributed by atoms with Crippen LogP contribution in [0.2, 0.25) is 0 Å². The lowest BCUT2D eigenvalue weighted by Gasteiger charge is -2.19. The summed E-state index contributed by atoms with van der Waals surface area (Å²) in [7, 11) is 0. The number of carbonyl (C=O) groups is 1. The molecule has 0 atom stereocenters. The number of benzene rings is 1. The van der Waals surface area contributed by atoms with Crippen molar-refractivity contribution in [2.24, 2.45) is 0 Å². The zero-order valence-corrected chi connectivity index (χ0v) is 10.8. The van der Waals surface area contributed by atoms with E-state index in [-0.39, 0.29) is 5.91 Å². The lowest BCUT2D eigenvalue weighted by Crippen LogP contribution is -2.27. The van der Waals surface area contributed by atoms with Gasteiger partial charge in [0.05, 0.1) is 11.0 Å². The van der Waals surface area contributed by atoms with Crippen molar-refractivity contribution in [1.29, 1.82) is 0 Å². The van der Waals surface area contributed by atoms with E-state index in [1.807, 2.05) is 32.0 Å². The number of hydrogen-bond acceptors (Lipinski definition) is 2. The van der Waals surface area contributed by atoms with Crippen LogP contribution in [-0.2, 0) is 16.6 Å². The molecule has 0 saturated heterocycles. The largest absolute Gasteiger partial charge is 0.390 e. The van der Waals surface area contributed by atoms with E-state index in [2.05, 4.69) is 5.32 Å². The highest BCUT2D eigenvalue weighted by atomic mass is 16.3. The normalized spacial score (nSPS) is 17.8. The Balaban J connectivity index is 2.39. The number of rotatable bonds is 2. The van der Waals surface area contributed by atoms with E-state index in [9.17, 15) is 9.90 Å². The van der Waals surface area contributed by atoms with Gasteiger partial charge in [-0.1, -0.05) is 12.1 Å². The Kier molecular flexibility index (Phi) is 2.54. The molecule has 1 aromatic carbocycles. The van der Waals surface area contributed by atoms with Crippen molar-refractivity contribution in [1.82, 2.24) is 0 Å². The quantitative estimate of drug-likeness (QED) is 0.823. The van der Waals surface area contributed by atoms with Gasteiger partial charge in [0.2, 0.25) is 5.91 Å². The summed E-state index contributed by atoms with van der Waals surface area (Å²) in [5.41, 5.74) is 1.75. The van der Waals surface area contributed by atoms with Crippen LogP contribution in [0.5, 0.6) is 0 Å². The molecule has 1 heterocycles. The molecule has 17 heavy (non-hydrogen) atoms. The minimum atomic E-state index is -0.728. The van der Waals surface area contributed by atoms with Gasteiger partial charge in [0, 0.05) is 12.1 Å². The molecular formula is C14H19NO2. The summed E-state index contributed by atoms with van der Waals surface area (Å²) in [5, 5.41) is 12.7. The van der Waals surface area contributed by atoms with Crippen molar-refractivity contribution in [3.05, 3.63) is 29.3 Å². The molecule has 1 aliphatic heterocycles. The molecule has 0 fully saturated rings. The molecule has 92 valence electrons. The minimum Gasteiger partial charge on any atom is -0.390 e. The van der Waals surface area contributed by atoms with Crippen LogP contribution < -0.4 is 5.32 Å². The molecule has 0 aromatic heterocycles. The minimum absolute atomic E-state index is 0.0351. The smallest absolute Gasteiger partial charge is 0.234 e. The fourth-order valence-electron chi connectivity index (χ4n) is 2.23. The molecule has 0 saturated carbocycles. The monoisotopic (exact) mass is 233 g/mol. The Morgan fingerprint density at radius 1 is 1.35 bits per heavy atom. The van der Waals surface area contributed by atoms with Gasteiger partial charge in [-0.3, -0.25) is 4.79 Å². The molecule has 0 aliphatic carbocycles. The van der Waals surface area contributed by atoms with E-state index in [0.29, 0.717) is 6.42 Å². The zero-order valence-electron chi connectivity index (χ0n) is 10.8. The van der Waals surface area contributed by atoms with Gasteiger partial charge in [-0.15, -0.1) is 0 Å². The maximum Gasteiger partial charge on any atom is 0.234 e. The summed E-state index contributed by atoms with van der Waals surface area (Å²) in [6.07, 6.45) is 0.588. The summed E-state index contributed by atoms with van der Waals surface area (Å²) in [5.74, 6) is 0.0351. The third-order valence-corrected chi connectivity index (χ3v) is 3.21. The third-order valence-electron chi connectivity index (χ3n) is 3.21. The van der Waals surface area contributed by atoms with E-state index >= 15 is 0 Å². The van der Waals surface area contributed by atoms with Crippen LogP contribution in [0.4, 0.5) is 5.69 Å². The highest BCUT2D eigenvalue weighted by molar-refractivity contribution is 6.05. The van der Waals surface area contributed by atoms with Crippen molar-refractivity contribution >= 4 is 11.6 Å². The van der Waals surface area contributed by atoms with Gasteiger partial charge in [-0.2, -0.15) is 0 Å². The first-order valence-electron chi connectivity index (χ1n) is 5.87. The first-order valence-corrected chi connectivity index (χ1v) is 5.87. The fourth-order valence-corrected chi connectivity index (χ4v) is 2.23. The van der Waals surface area contributed by atoms with Gasteiger partial charge >= 0.3 is 0 Å². The van der Waals surface area contributed by atoms with Gasteiger partial charge in [-0.25, -0.2) is 0 Å². The highest BCUT2D eigenvalue weighted by Crippen LogP contribution is 2.38. The average molecular weight is 233 g/mol. The van der Waals surface area contributed by atoms with Crippen molar-refractivity contribution in [3.63, 3.8) is 0 Å². The van der Waals surface area contributed by atoms with Crippen LogP contribution in [-0.4, -0.2) is 16.6 Å². The maximum atomic E-state index is 11.8. The molecule has 2 rings (SSSR count). The summed E-state index contributed by atoms with van der Waals surface area (Å²) in [6, 6.07) is 5.90. The number of hydrogen-bond donors (Lipinski definition) is 2. The van der Waals surface area contributed by atoms with Crippen LogP contribution in [0.3, 0.4) is 0 Å². The molecule has 3 nitrogen and oxygen atoms in total. The number of carbonyl (C=O) groups excluding carboxylic acids is 1. The number of anilines is 1. The van der Waals surface area contributed by atoms with Gasteiger partial charge in [-0.05, 0) is 44.9 Å². The topological polar surface area (TPSA) is 49.3 Å². The molecule has 1 aliphatic rings. The van der Waals surface area contributed by atoms with Crippen LogP contribution in [0, 0.1) is 0 Å². The van der Waals surface area contributed by atoms with Crippen LogP contribution in [0.15, 0.2) is 18.2 Å². The fraction of sp³-hybridized carbons (Fsp3) is 0.500. The standard InChI is InChI=1S/C14H19NO2/c1-13(2,17)8-9-5-6-11-10(7-9)14(3,4)12(16)15-11/h5-7,17H,8H2,1-4H3,(H,15,16). The molecular weight excluding hydrogens is 214 g/mol. The molecule has 3 heteroatoms. The highest BCUT2D eigenvalue weighted by Gasteiger charge is 2.38. The number of aliphatic hydroxyl groups is 1. The van der Waals surface area contributed by atoms with Gasteiger partial charge in [0.15, 0.2) is 0 Å². The van der Waals surface area contributed by atoms with E-state index in [4.69, 9.17) is 0 Å². The van der Waals surface area contributed by atoms with E-state index in [1.54, 1.807) is 13.8 Å². The Hall–Kier alpha value is -1.35. The zero-order chi connectivity index (χ0) is 12.8. The number of fused-ring (bicyclic) bond motifs is 1. The second kappa shape index (κ2) is 3.57. The predicted molar refractivity (Wildman–Crippen MR) is 68.1 cm³/mol. The number of nitrogens with one attached hydrogen (secondary N) is 1. The Morgan fingerprint density at radius 3 is 2.59 bits per heavy atom. The Morgan fingerprint density at radius 2 is 2.00 bits per heavy atom. The molecule has 0 bridgehead atoms. The van der Waals surface area contributed by atoms with Crippen molar-refractivity contribution in [2.45, 2.75) is 45.1 Å². The summed E-state index contributed by atoms with van der Waals surface area (Å²) in [4.78, 5) is 11.8. The molecule has 1 aromatic rings. The van der Waals surface area contributed by atoms with Crippen molar-refractivity contribution in [2.75, 3.05) is 5.32 Å². The van der Waals surface area contributed by atoms with E-state index < -0.39 is 11.0 Å². The van der Waals surface area contributed by atoms with Gasteiger partial charge in [0.25, 0.3) is 0 Å². The SMILES string of the molecule is CC(C)(O)Cc1ccc2c(c1)C(C)(C)C(=O)N2. The summed E-state index contributed by atoms with van der Waals surface area (Å²) >= 11 is 0. The summed E-state index contributed by atoms with van der Waals surface area (Å²) in [6.45, 7) is 7.41. The van der Waals surface area contributed by atoms with Crippen LogP contribution in [0.25, 0.3) is 0 Å². The predicted octanol–water partition coefficient (Wildman–Crippen LogP) is 2.23. The first-order chi connectivity index (χ1) is 7.70. The van der Waals surface area contributed by atoms with Crippen molar-refractivity contribution in [3.8, 4) is 0 Å². The first kappa shape index (κ1) is 12.1. The molecule has 0 radical (unpaired) electrons. The third kappa shape index (κ3) is 2.20. The second-order valence-electron chi connectivity index (χ2n) is 5.95. The van der Waals surface area contributed by atoms with E-state index in [0.717, 1.165) is 16.8 Å². The van der Waals surface area contributed by atoms with Crippen LogP contribution >= 0.6 is 0 Å². The van der Waals surface area contributed by atoms with Crippen molar-refractivity contribution < 1.29 is 9.90 Å². The van der Waals surface area contributed by atoms with Gasteiger partial charge < -0.3 is 10.4 Å². The van der Waals surface area contributed by atoms with E-state index in [1.165, 1.54) is 0 Å². The van der Waals surface area contributed by atoms with Gasteiger partial charge in [0.1, 0.15) is 0 Å². The Labute approximate surface area is 102 Å². The molecule has 2 N–H and O–H groups in total. The molecule has 0 spiro atoms. The molecule has 1 amide bonds.